The molecule has 2 aliphatic carbocycles. The molecule has 154 valence electrons. The molecule has 2 unspecified atom stereocenters. The Morgan fingerprint density at radius 3 is 2.07 bits per heavy atom. The van der Waals surface area contributed by atoms with Gasteiger partial charge in [0.25, 0.3) is 12.9 Å². The predicted octanol–water partition coefficient (Wildman–Crippen LogP) is 2.65. The summed E-state index contributed by atoms with van der Waals surface area (Å²) in [5.41, 5.74) is 1.08. The number of nitrogens with zero attached hydrogens (tertiary/aromatic N) is 4. The molecule has 0 saturated heterocycles. The van der Waals surface area contributed by atoms with E-state index >= 15 is 0 Å². The van der Waals surface area contributed by atoms with Crippen LogP contribution in [0.4, 0.5) is 5.82 Å². The van der Waals surface area contributed by atoms with Crippen LogP contribution in [0.25, 0.3) is 10.2 Å². The molecule has 0 aromatic carbocycles. The number of carboxylic acid groups (broad SMARTS) is 2. The molecular weight excluding hydrogens is 380 g/mol. The monoisotopic (exact) mass is 408 g/mol. The Hall–Kier alpha value is -2.26. The zero-order valence-electron chi connectivity index (χ0n) is 16.4. The van der Waals surface area contributed by atoms with Crippen molar-refractivity contribution in [3.05, 3.63) is 17.8 Å². The standard InChI is InChI=1S/C17H24N4S.2CH2O2/c1-20(2)13-6-11-8-14(9-12(11)7-13)21(3)17-16-15(4-5-22-16)18-10-19-17;2*2-1-3/h4-5,10-14H,6-9H2,1-3H3;2*1H,(H,2,3)/t11-,12+,13?,14?;;. The van der Waals surface area contributed by atoms with Gasteiger partial charge in [0, 0.05) is 19.1 Å². The van der Waals surface area contributed by atoms with Crippen molar-refractivity contribution in [1.29, 1.82) is 0 Å². The summed E-state index contributed by atoms with van der Waals surface area (Å²) in [6.07, 6.45) is 7.10. The quantitative estimate of drug-likeness (QED) is 0.747. The smallest absolute Gasteiger partial charge is 0.290 e. The fourth-order valence-corrected chi connectivity index (χ4v) is 5.37. The minimum absolute atomic E-state index is 0.250. The first-order valence-corrected chi connectivity index (χ1v) is 10.1. The predicted molar refractivity (Wildman–Crippen MR) is 110 cm³/mol. The average molecular weight is 409 g/mol. The van der Waals surface area contributed by atoms with Crippen LogP contribution in [0.1, 0.15) is 25.7 Å². The topological polar surface area (TPSA) is 107 Å². The highest BCUT2D eigenvalue weighted by molar-refractivity contribution is 7.17. The van der Waals surface area contributed by atoms with Crippen LogP contribution in [0.2, 0.25) is 0 Å². The highest BCUT2D eigenvalue weighted by Gasteiger charge is 2.43. The fraction of sp³-hybridized carbons (Fsp3) is 0.579. The summed E-state index contributed by atoms with van der Waals surface area (Å²) in [6.45, 7) is -0.500. The highest BCUT2D eigenvalue weighted by atomic mass is 32.1. The van der Waals surface area contributed by atoms with E-state index in [4.69, 9.17) is 19.8 Å². The lowest BCUT2D eigenvalue weighted by molar-refractivity contribution is -0.123. The van der Waals surface area contributed by atoms with Gasteiger partial charge in [-0.25, -0.2) is 9.97 Å². The molecule has 2 N–H and O–H groups in total. The van der Waals surface area contributed by atoms with Crippen molar-refractivity contribution in [3.8, 4) is 0 Å². The van der Waals surface area contributed by atoms with E-state index in [2.05, 4.69) is 52.4 Å². The number of rotatable bonds is 3. The van der Waals surface area contributed by atoms with Gasteiger partial charge in [0.2, 0.25) is 0 Å². The molecule has 2 aliphatic rings. The zero-order chi connectivity index (χ0) is 20.7. The SMILES string of the molecule is CN(C)C1C[C@@H]2CC(N(C)c3ncnc4ccsc34)C[C@@H]2C1.O=CO.O=CO. The summed E-state index contributed by atoms with van der Waals surface area (Å²) in [4.78, 5) is 30.5. The van der Waals surface area contributed by atoms with Gasteiger partial charge in [-0.1, -0.05) is 0 Å². The number of hydrogen-bond donors (Lipinski definition) is 2. The van der Waals surface area contributed by atoms with Gasteiger partial charge in [-0.2, -0.15) is 0 Å². The number of fused-ring (bicyclic) bond motifs is 2. The van der Waals surface area contributed by atoms with Gasteiger partial charge in [-0.3, -0.25) is 9.59 Å². The van der Waals surface area contributed by atoms with Crippen LogP contribution in [0.15, 0.2) is 17.8 Å². The van der Waals surface area contributed by atoms with Gasteiger partial charge >= 0.3 is 0 Å². The number of anilines is 1. The van der Waals surface area contributed by atoms with Crippen LogP contribution in [0.5, 0.6) is 0 Å². The van der Waals surface area contributed by atoms with Gasteiger partial charge in [-0.05, 0) is 63.1 Å². The first kappa shape index (κ1) is 22.0. The maximum Gasteiger partial charge on any atom is 0.290 e. The molecule has 4 atom stereocenters. The Morgan fingerprint density at radius 2 is 1.54 bits per heavy atom. The first-order chi connectivity index (χ1) is 13.5. The van der Waals surface area contributed by atoms with Gasteiger partial charge in [0.15, 0.2) is 0 Å². The number of thiophene rings is 1. The second-order valence-electron chi connectivity index (χ2n) is 7.39. The second kappa shape index (κ2) is 10.3. The van der Waals surface area contributed by atoms with Gasteiger partial charge in [0.1, 0.15) is 12.1 Å². The van der Waals surface area contributed by atoms with E-state index in [0.29, 0.717) is 6.04 Å². The molecule has 0 bridgehead atoms. The summed E-state index contributed by atoms with van der Waals surface area (Å²) >= 11 is 1.75. The third-order valence-electron chi connectivity index (χ3n) is 5.80. The molecule has 0 amide bonds. The van der Waals surface area contributed by atoms with E-state index in [1.54, 1.807) is 17.7 Å². The van der Waals surface area contributed by atoms with E-state index in [9.17, 15) is 0 Å². The Kier molecular flexibility index (Phi) is 8.13. The highest BCUT2D eigenvalue weighted by Crippen LogP contribution is 2.47. The van der Waals surface area contributed by atoms with E-state index in [-0.39, 0.29) is 12.9 Å². The van der Waals surface area contributed by atoms with Crippen LogP contribution in [0, 0.1) is 11.8 Å². The Bertz CT molecular complexity index is 749. The van der Waals surface area contributed by atoms with Crippen molar-refractivity contribution in [1.82, 2.24) is 14.9 Å². The second-order valence-corrected chi connectivity index (χ2v) is 8.30. The molecule has 8 nitrogen and oxygen atoms in total. The van der Waals surface area contributed by atoms with Crippen LogP contribution in [-0.4, -0.2) is 71.3 Å². The molecule has 0 spiro atoms. The number of carbonyl (C=O) groups is 2. The van der Waals surface area contributed by atoms with Crippen LogP contribution in [-0.2, 0) is 9.59 Å². The maximum absolute atomic E-state index is 8.36. The van der Waals surface area contributed by atoms with Crippen molar-refractivity contribution < 1.29 is 19.8 Å². The summed E-state index contributed by atoms with van der Waals surface area (Å²) < 4.78 is 1.23. The Morgan fingerprint density at radius 1 is 1.00 bits per heavy atom. The third kappa shape index (κ3) is 4.96. The van der Waals surface area contributed by atoms with Crippen molar-refractivity contribution in [2.75, 3.05) is 26.0 Å². The van der Waals surface area contributed by atoms with Crippen LogP contribution < -0.4 is 4.90 Å². The number of aromatic nitrogens is 2. The molecule has 2 aromatic rings. The minimum atomic E-state index is -0.250. The molecule has 2 saturated carbocycles. The lowest BCUT2D eigenvalue weighted by atomic mass is 10.0. The summed E-state index contributed by atoms with van der Waals surface area (Å²) in [5.74, 6) is 2.93. The van der Waals surface area contributed by atoms with Gasteiger partial charge < -0.3 is 20.0 Å². The third-order valence-corrected chi connectivity index (χ3v) is 6.70. The van der Waals surface area contributed by atoms with E-state index in [1.807, 2.05) is 0 Å². The number of hydrogen-bond acceptors (Lipinski definition) is 7. The molecular formula is C19H28N4O4S. The largest absolute Gasteiger partial charge is 0.483 e. The first-order valence-electron chi connectivity index (χ1n) is 9.19. The molecule has 28 heavy (non-hydrogen) atoms. The summed E-state index contributed by atoms with van der Waals surface area (Å²) in [6, 6.07) is 3.52. The molecule has 9 heteroatoms. The maximum atomic E-state index is 8.36. The molecule has 4 rings (SSSR count). The van der Waals surface area contributed by atoms with Crippen LogP contribution >= 0.6 is 11.3 Å². The minimum Gasteiger partial charge on any atom is -0.483 e. The molecule has 2 fully saturated rings. The van der Waals surface area contributed by atoms with Gasteiger partial charge in [-0.15, -0.1) is 11.3 Å². The lowest BCUT2D eigenvalue weighted by Crippen LogP contribution is -2.32. The van der Waals surface area contributed by atoms with E-state index in [1.165, 1.54) is 30.4 Å². The van der Waals surface area contributed by atoms with E-state index < -0.39 is 0 Å². The molecule has 0 radical (unpaired) electrons. The zero-order valence-corrected chi connectivity index (χ0v) is 17.2. The van der Waals surface area contributed by atoms with Gasteiger partial charge in [0.05, 0.1) is 10.2 Å². The van der Waals surface area contributed by atoms with Crippen molar-refractivity contribution >= 4 is 40.3 Å². The van der Waals surface area contributed by atoms with Crippen molar-refractivity contribution in [3.63, 3.8) is 0 Å². The summed E-state index contributed by atoms with van der Waals surface area (Å²) in [5, 5.41) is 15.9. The Balaban J connectivity index is 0.000000418. The molecule has 2 aromatic heterocycles. The molecule has 0 aliphatic heterocycles. The van der Waals surface area contributed by atoms with Crippen molar-refractivity contribution in [2.45, 2.75) is 37.8 Å². The molecule has 2 heterocycles. The lowest BCUT2D eigenvalue weighted by Gasteiger charge is -2.28. The summed E-state index contributed by atoms with van der Waals surface area (Å²) in [7, 11) is 6.67. The average Bonchev–Trinajstić information content (AvgIpc) is 3.36. The fourth-order valence-electron chi connectivity index (χ4n) is 4.49. The van der Waals surface area contributed by atoms with E-state index in [0.717, 1.165) is 29.2 Å². The Labute approximate surface area is 168 Å². The normalized spacial score (nSPS) is 25.3. The van der Waals surface area contributed by atoms with Crippen molar-refractivity contribution in [2.24, 2.45) is 11.8 Å². The van der Waals surface area contributed by atoms with Crippen LogP contribution in [0.3, 0.4) is 0 Å².